The number of carbonyl (C=O) groups is 1. The Morgan fingerprint density at radius 3 is 2.76 bits per heavy atom. The molecule has 0 aliphatic heterocycles. The van der Waals surface area contributed by atoms with E-state index in [4.69, 9.17) is 0 Å². The lowest BCUT2D eigenvalue weighted by Gasteiger charge is -2.20. The number of carbonyl (C=O) groups excluding carboxylic acids is 1. The number of hydrogen-bond donors (Lipinski definition) is 0. The molecule has 110 valence electrons. The summed E-state index contributed by atoms with van der Waals surface area (Å²) in [5.74, 6) is -1.61. The minimum absolute atomic E-state index is 0.126. The van der Waals surface area contributed by atoms with Gasteiger partial charge >= 0.3 is 0 Å². The molecule has 1 aromatic heterocycles. The number of hydrogen-bond acceptors (Lipinski definition) is 3. The average Bonchev–Trinajstić information content (AvgIpc) is 3.19. The Kier molecular flexibility index (Phi) is 4.12. The highest BCUT2D eigenvalue weighted by atomic mass is 32.1. The predicted octanol–water partition coefficient (Wildman–Crippen LogP) is 3.87. The van der Waals surface area contributed by atoms with Crippen molar-refractivity contribution in [3.05, 3.63) is 57.8 Å². The van der Waals surface area contributed by atoms with Gasteiger partial charge in [-0.05, 0) is 53.4 Å². The molecular formula is C16H15F2NOS. The van der Waals surface area contributed by atoms with Gasteiger partial charge in [0.05, 0.1) is 12.1 Å². The van der Waals surface area contributed by atoms with E-state index in [-0.39, 0.29) is 17.9 Å². The molecule has 0 bridgehead atoms. The van der Waals surface area contributed by atoms with Gasteiger partial charge in [-0.2, -0.15) is 11.3 Å². The summed E-state index contributed by atoms with van der Waals surface area (Å²) in [5.41, 5.74) is 0.991. The van der Waals surface area contributed by atoms with Crippen molar-refractivity contribution in [2.24, 2.45) is 0 Å². The molecule has 0 radical (unpaired) electrons. The Labute approximate surface area is 126 Å². The molecule has 1 saturated carbocycles. The maximum atomic E-state index is 13.7. The van der Waals surface area contributed by atoms with Crippen molar-refractivity contribution in [2.45, 2.75) is 25.4 Å². The molecule has 1 aliphatic rings. The molecule has 0 spiro atoms. The quantitative estimate of drug-likeness (QED) is 0.755. The largest absolute Gasteiger partial charge is 0.293 e. The van der Waals surface area contributed by atoms with Crippen LogP contribution in [-0.2, 0) is 6.54 Å². The molecule has 1 aromatic carbocycles. The van der Waals surface area contributed by atoms with E-state index in [9.17, 15) is 13.6 Å². The zero-order valence-electron chi connectivity index (χ0n) is 11.4. The Hall–Kier alpha value is -1.59. The minimum atomic E-state index is -0.660. The Morgan fingerprint density at radius 2 is 2.10 bits per heavy atom. The molecule has 0 amide bonds. The van der Waals surface area contributed by atoms with Gasteiger partial charge in [0.15, 0.2) is 5.78 Å². The van der Waals surface area contributed by atoms with Gasteiger partial charge < -0.3 is 0 Å². The fraction of sp³-hybridized carbons (Fsp3) is 0.312. The van der Waals surface area contributed by atoms with Crippen molar-refractivity contribution in [1.29, 1.82) is 0 Å². The Balaban J connectivity index is 1.73. The molecule has 5 heteroatoms. The lowest BCUT2D eigenvalue weighted by atomic mass is 10.1. The van der Waals surface area contributed by atoms with E-state index >= 15 is 0 Å². The topological polar surface area (TPSA) is 20.3 Å². The number of ketones is 1. The molecule has 0 N–H and O–H groups in total. The summed E-state index contributed by atoms with van der Waals surface area (Å²) in [4.78, 5) is 14.3. The van der Waals surface area contributed by atoms with Crippen LogP contribution in [0, 0.1) is 11.6 Å². The standard InChI is InChI=1S/C16H15F2NOS/c17-12-1-4-15(18)14(7-12)16(20)9-19(13-2-3-13)8-11-5-6-21-10-11/h1,4-7,10,13H,2-3,8-9H2. The van der Waals surface area contributed by atoms with E-state index in [0.717, 1.165) is 36.6 Å². The van der Waals surface area contributed by atoms with Crippen LogP contribution in [0.25, 0.3) is 0 Å². The summed E-state index contributed by atoms with van der Waals surface area (Å²) in [6, 6.07) is 5.41. The zero-order valence-corrected chi connectivity index (χ0v) is 12.2. The van der Waals surface area contributed by atoms with Crippen LogP contribution in [-0.4, -0.2) is 23.3 Å². The number of nitrogens with zero attached hydrogens (tertiary/aromatic N) is 1. The Bertz CT molecular complexity index is 638. The van der Waals surface area contributed by atoms with E-state index in [1.807, 2.05) is 16.8 Å². The predicted molar refractivity (Wildman–Crippen MR) is 78.4 cm³/mol. The highest BCUT2D eigenvalue weighted by Crippen LogP contribution is 2.29. The van der Waals surface area contributed by atoms with E-state index in [0.29, 0.717) is 12.6 Å². The van der Waals surface area contributed by atoms with Gasteiger partial charge in [0.25, 0.3) is 0 Å². The summed E-state index contributed by atoms with van der Waals surface area (Å²) in [6.07, 6.45) is 2.12. The second-order valence-electron chi connectivity index (χ2n) is 5.32. The van der Waals surface area contributed by atoms with Crippen LogP contribution >= 0.6 is 11.3 Å². The fourth-order valence-corrected chi connectivity index (χ4v) is 3.01. The van der Waals surface area contributed by atoms with Gasteiger partial charge in [-0.15, -0.1) is 0 Å². The van der Waals surface area contributed by atoms with Crippen LogP contribution in [0.5, 0.6) is 0 Å². The second kappa shape index (κ2) is 6.03. The van der Waals surface area contributed by atoms with Crippen molar-refractivity contribution in [1.82, 2.24) is 4.90 Å². The summed E-state index contributed by atoms with van der Waals surface area (Å²) < 4.78 is 26.9. The SMILES string of the molecule is O=C(CN(Cc1ccsc1)C1CC1)c1cc(F)ccc1F. The summed E-state index contributed by atoms with van der Waals surface area (Å²) in [6.45, 7) is 0.803. The van der Waals surface area contributed by atoms with Crippen LogP contribution < -0.4 is 0 Å². The minimum Gasteiger partial charge on any atom is -0.293 e. The van der Waals surface area contributed by atoms with Crippen molar-refractivity contribution in [2.75, 3.05) is 6.54 Å². The molecule has 1 aliphatic carbocycles. The molecular weight excluding hydrogens is 292 g/mol. The van der Waals surface area contributed by atoms with Gasteiger partial charge in [-0.25, -0.2) is 8.78 Å². The van der Waals surface area contributed by atoms with Crippen molar-refractivity contribution >= 4 is 17.1 Å². The maximum absolute atomic E-state index is 13.7. The van der Waals surface area contributed by atoms with E-state index < -0.39 is 11.6 Å². The molecule has 2 nitrogen and oxygen atoms in total. The van der Waals surface area contributed by atoms with Crippen LogP contribution in [0.4, 0.5) is 8.78 Å². The lowest BCUT2D eigenvalue weighted by Crippen LogP contribution is -2.31. The van der Waals surface area contributed by atoms with Gasteiger partial charge in [0.2, 0.25) is 0 Å². The molecule has 21 heavy (non-hydrogen) atoms. The van der Waals surface area contributed by atoms with Crippen LogP contribution in [0.1, 0.15) is 28.8 Å². The highest BCUT2D eigenvalue weighted by Gasteiger charge is 2.31. The third-order valence-electron chi connectivity index (χ3n) is 3.60. The normalized spacial score (nSPS) is 14.6. The molecule has 2 aromatic rings. The van der Waals surface area contributed by atoms with Gasteiger partial charge in [0.1, 0.15) is 11.6 Å². The summed E-state index contributed by atoms with van der Waals surface area (Å²) in [7, 11) is 0. The van der Waals surface area contributed by atoms with Crippen molar-refractivity contribution < 1.29 is 13.6 Å². The monoisotopic (exact) mass is 307 g/mol. The Morgan fingerprint density at radius 1 is 1.29 bits per heavy atom. The van der Waals surface area contributed by atoms with Crippen LogP contribution in [0.2, 0.25) is 0 Å². The molecule has 1 fully saturated rings. The first-order chi connectivity index (χ1) is 10.1. The molecule has 1 heterocycles. The van der Waals surface area contributed by atoms with E-state index in [2.05, 4.69) is 4.90 Å². The summed E-state index contributed by atoms with van der Waals surface area (Å²) >= 11 is 1.61. The first kappa shape index (κ1) is 14.4. The average molecular weight is 307 g/mol. The van der Waals surface area contributed by atoms with Gasteiger partial charge in [-0.3, -0.25) is 9.69 Å². The number of halogens is 2. The lowest BCUT2D eigenvalue weighted by molar-refractivity contribution is 0.0915. The second-order valence-corrected chi connectivity index (χ2v) is 6.10. The maximum Gasteiger partial charge on any atom is 0.179 e. The van der Waals surface area contributed by atoms with Crippen molar-refractivity contribution in [3.8, 4) is 0 Å². The molecule has 3 rings (SSSR count). The van der Waals surface area contributed by atoms with Gasteiger partial charge in [-0.1, -0.05) is 0 Å². The first-order valence-corrected chi connectivity index (χ1v) is 7.81. The smallest absolute Gasteiger partial charge is 0.179 e. The fourth-order valence-electron chi connectivity index (χ4n) is 2.35. The number of thiophene rings is 1. The zero-order chi connectivity index (χ0) is 14.8. The number of rotatable bonds is 6. The van der Waals surface area contributed by atoms with E-state index in [1.54, 1.807) is 11.3 Å². The van der Waals surface area contributed by atoms with Crippen LogP contribution in [0.15, 0.2) is 35.0 Å². The third kappa shape index (κ3) is 3.54. The van der Waals surface area contributed by atoms with Crippen LogP contribution in [0.3, 0.4) is 0 Å². The van der Waals surface area contributed by atoms with E-state index in [1.165, 1.54) is 0 Å². The molecule has 0 saturated heterocycles. The first-order valence-electron chi connectivity index (χ1n) is 6.87. The number of Topliss-reactive ketones (excluding diaryl/α,β-unsaturated/α-hetero) is 1. The third-order valence-corrected chi connectivity index (χ3v) is 4.34. The van der Waals surface area contributed by atoms with Crippen molar-refractivity contribution in [3.63, 3.8) is 0 Å². The molecule has 0 unspecified atom stereocenters. The highest BCUT2D eigenvalue weighted by molar-refractivity contribution is 7.07. The molecule has 0 atom stereocenters. The number of benzene rings is 1. The van der Waals surface area contributed by atoms with Gasteiger partial charge in [0, 0.05) is 12.6 Å². The summed E-state index contributed by atoms with van der Waals surface area (Å²) in [5, 5.41) is 4.04.